The molecule has 1 fully saturated rings. The van der Waals surface area contributed by atoms with Crippen LogP contribution in [0.1, 0.15) is 9.67 Å². The van der Waals surface area contributed by atoms with Gasteiger partial charge in [0, 0.05) is 13.1 Å². The lowest BCUT2D eigenvalue weighted by Gasteiger charge is -2.25. The average Bonchev–Trinajstić information content (AvgIpc) is 2.65. The van der Waals surface area contributed by atoms with E-state index in [1.165, 1.54) is 11.3 Å². The SMILES string of the molecule is O=C1CN(CC(=O)c2ccc(Cl)s2)CCN1. The molecule has 0 radical (unpaired) electrons. The summed E-state index contributed by atoms with van der Waals surface area (Å²) in [7, 11) is 0. The molecule has 4 nitrogen and oxygen atoms in total. The van der Waals surface area contributed by atoms with Gasteiger partial charge in [-0.1, -0.05) is 11.6 Å². The highest BCUT2D eigenvalue weighted by Crippen LogP contribution is 2.21. The van der Waals surface area contributed by atoms with Gasteiger partial charge in [-0.2, -0.15) is 0 Å². The number of halogens is 1. The van der Waals surface area contributed by atoms with Crippen LogP contribution in [-0.2, 0) is 4.79 Å². The van der Waals surface area contributed by atoms with Crippen molar-refractivity contribution in [3.05, 3.63) is 21.3 Å². The molecule has 2 heterocycles. The lowest BCUT2D eigenvalue weighted by molar-refractivity contribution is -0.123. The molecule has 1 amide bonds. The van der Waals surface area contributed by atoms with E-state index in [4.69, 9.17) is 11.6 Å². The van der Waals surface area contributed by atoms with E-state index in [0.717, 1.165) is 6.54 Å². The van der Waals surface area contributed by atoms with Crippen LogP contribution in [-0.4, -0.2) is 42.8 Å². The van der Waals surface area contributed by atoms with E-state index in [1.807, 2.05) is 4.90 Å². The predicted octanol–water partition coefficient (Wildman–Crippen LogP) is 1.02. The monoisotopic (exact) mass is 258 g/mol. The molecule has 0 aromatic carbocycles. The van der Waals surface area contributed by atoms with Crippen LogP contribution in [0, 0.1) is 0 Å². The first-order valence-corrected chi connectivity index (χ1v) is 6.12. The van der Waals surface area contributed by atoms with Crippen LogP contribution in [0.2, 0.25) is 4.34 Å². The van der Waals surface area contributed by atoms with Crippen LogP contribution in [0.5, 0.6) is 0 Å². The molecule has 0 aliphatic carbocycles. The van der Waals surface area contributed by atoms with Crippen molar-refractivity contribution in [3.63, 3.8) is 0 Å². The maximum atomic E-state index is 11.8. The standard InChI is InChI=1S/C10H11ClN2O2S/c11-9-2-1-8(16-9)7(14)5-13-4-3-12-10(15)6-13/h1-2H,3-6H2,(H,12,15). The van der Waals surface area contributed by atoms with Gasteiger partial charge in [0.15, 0.2) is 5.78 Å². The zero-order chi connectivity index (χ0) is 11.5. The Bertz CT molecular complexity index is 419. The summed E-state index contributed by atoms with van der Waals surface area (Å²) in [5.41, 5.74) is 0. The lowest BCUT2D eigenvalue weighted by atomic mass is 10.2. The Labute approximate surface area is 102 Å². The lowest BCUT2D eigenvalue weighted by Crippen LogP contribution is -2.49. The molecule has 0 saturated carbocycles. The number of hydrogen-bond acceptors (Lipinski definition) is 4. The molecule has 6 heteroatoms. The fraction of sp³-hybridized carbons (Fsp3) is 0.400. The number of carbonyl (C=O) groups excluding carboxylic acids is 2. The second-order valence-electron chi connectivity index (χ2n) is 3.59. The number of thiophene rings is 1. The fourth-order valence-electron chi connectivity index (χ4n) is 1.57. The molecule has 1 N–H and O–H groups in total. The van der Waals surface area contributed by atoms with Crippen molar-refractivity contribution < 1.29 is 9.59 Å². The summed E-state index contributed by atoms with van der Waals surface area (Å²) >= 11 is 7.03. The smallest absolute Gasteiger partial charge is 0.234 e. The topological polar surface area (TPSA) is 49.4 Å². The number of nitrogens with one attached hydrogen (secondary N) is 1. The second kappa shape index (κ2) is 4.95. The van der Waals surface area contributed by atoms with E-state index < -0.39 is 0 Å². The molecule has 86 valence electrons. The van der Waals surface area contributed by atoms with E-state index in [1.54, 1.807) is 12.1 Å². The molecule has 1 saturated heterocycles. The highest BCUT2D eigenvalue weighted by Gasteiger charge is 2.19. The van der Waals surface area contributed by atoms with E-state index >= 15 is 0 Å². The van der Waals surface area contributed by atoms with Crippen molar-refractivity contribution in [1.29, 1.82) is 0 Å². The molecule has 1 aromatic rings. The molecule has 1 aliphatic rings. The summed E-state index contributed by atoms with van der Waals surface area (Å²) in [4.78, 5) is 25.4. The molecule has 0 bridgehead atoms. The van der Waals surface area contributed by atoms with Crippen molar-refractivity contribution in [1.82, 2.24) is 10.2 Å². The van der Waals surface area contributed by atoms with Gasteiger partial charge in [0.2, 0.25) is 5.91 Å². The number of piperazine rings is 1. The summed E-state index contributed by atoms with van der Waals surface area (Å²) < 4.78 is 0.611. The summed E-state index contributed by atoms with van der Waals surface area (Å²) in [6.07, 6.45) is 0. The first-order valence-electron chi connectivity index (χ1n) is 4.93. The number of ketones is 1. The van der Waals surface area contributed by atoms with Gasteiger partial charge in [-0.05, 0) is 12.1 Å². The molecule has 2 rings (SSSR count). The number of amides is 1. The third-order valence-corrected chi connectivity index (χ3v) is 3.60. The Kier molecular flexibility index (Phi) is 3.58. The van der Waals surface area contributed by atoms with Crippen LogP contribution < -0.4 is 5.32 Å². The Balaban J connectivity index is 1.94. The number of carbonyl (C=O) groups is 2. The minimum Gasteiger partial charge on any atom is -0.354 e. The van der Waals surface area contributed by atoms with Crippen LogP contribution in [0.3, 0.4) is 0 Å². The average molecular weight is 259 g/mol. The van der Waals surface area contributed by atoms with Crippen LogP contribution >= 0.6 is 22.9 Å². The van der Waals surface area contributed by atoms with Gasteiger partial charge in [0.1, 0.15) is 0 Å². The Hall–Kier alpha value is -0.910. The zero-order valence-corrected chi connectivity index (χ0v) is 10.1. The predicted molar refractivity (Wildman–Crippen MR) is 63.1 cm³/mol. The molecular weight excluding hydrogens is 248 g/mol. The minimum atomic E-state index is -0.0248. The van der Waals surface area contributed by atoms with Gasteiger partial charge in [-0.3, -0.25) is 14.5 Å². The number of hydrogen-bond donors (Lipinski definition) is 1. The van der Waals surface area contributed by atoms with Gasteiger partial charge in [-0.25, -0.2) is 0 Å². The summed E-state index contributed by atoms with van der Waals surface area (Å²) in [6.45, 7) is 1.91. The van der Waals surface area contributed by atoms with Gasteiger partial charge in [0.25, 0.3) is 0 Å². The summed E-state index contributed by atoms with van der Waals surface area (Å²) in [6, 6.07) is 3.43. The fourth-order valence-corrected chi connectivity index (χ4v) is 2.54. The van der Waals surface area contributed by atoms with Crippen molar-refractivity contribution in [2.75, 3.05) is 26.2 Å². The third-order valence-electron chi connectivity index (χ3n) is 2.33. The molecule has 0 spiro atoms. The molecular formula is C10H11ClN2O2S. The quantitative estimate of drug-likeness (QED) is 0.824. The van der Waals surface area contributed by atoms with Crippen molar-refractivity contribution in [3.8, 4) is 0 Å². The largest absolute Gasteiger partial charge is 0.354 e. The van der Waals surface area contributed by atoms with Gasteiger partial charge >= 0.3 is 0 Å². The second-order valence-corrected chi connectivity index (χ2v) is 5.30. The van der Waals surface area contributed by atoms with E-state index in [2.05, 4.69) is 5.32 Å². The van der Waals surface area contributed by atoms with Crippen LogP contribution in [0.15, 0.2) is 12.1 Å². The van der Waals surface area contributed by atoms with E-state index in [-0.39, 0.29) is 18.2 Å². The maximum absolute atomic E-state index is 11.8. The van der Waals surface area contributed by atoms with Gasteiger partial charge < -0.3 is 5.32 Å². The Morgan fingerprint density at radius 2 is 2.38 bits per heavy atom. The highest BCUT2D eigenvalue weighted by molar-refractivity contribution is 7.18. The zero-order valence-electron chi connectivity index (χ0n) is 8.53. The Morgan fingerprint density at radius 3 is 3.00 bits per heavy atom. The van der Waals surface area contributed by atoms with Gasteiger partial charge in [-0.15, -0.1) is 11.3 Å². The minimum absolute atomic E-state index is 0.0200. The summed E-state index contributed by atoms with van der Waals surface area (Å²) in [5, 5.41) is 2.72. The number of rotatable bonds is 3. The number of Topliss-reactive ketones (excluding diaryl/α,β-unsaturated/α-hetero) is 1. The first kappa shape index (κ1) is 11.6. The highest BCUT2D eigenvalue weighted by atomic mass is 35.5. The van der Waals surface area contributed by atoms with Crippen molar-refractivity contribution in [2.24, 2.45) is 0 Å². The first-order chi connectivity index (χ1) is 7.65. The normalized spacial score (nSPS) is 17.2. The summed E-state index contributed by atoms with van der Waals surface area (Å²) in [5.74, 6) is -0.00476. The molecule has 1 aliphatic heterocycles. The van der Waals surface area contributed by atoms with Gasteiger partial charge in [0.05, 0.1) is 22.3 Å². The molecule has 0 unspecified atom stereocenters. The van der Waals surface area contributed by atoms with Crippen molar-refractivity contribution >= 4 is 34.6 Å². The maximum Gasteiger partial charge on any atom is 0.234 e. The molecule has 0 atom stereocenters. The Morgan fingerprint density at radius 1 is 1.56 bits per heavy atom. The van der Waals surface area contributed by atoms with Crippen molar-refractivity contribution in [2.45, 2.75) is 0 Å². The van der Waals surface area contributed by atoms with E-state index in [0.29, 0.717) is 22.3 Å². The number of nitrogens with zero attached hydrogens (tertiary/aromatic N) is 1. The molecule has 16 heavy (non-hydrogen) atoms. The van der Waals surface area contributed by atoms with Crippen LogP contribution in [0.25, 0.3) is 0 Å². The van der Waals surface area contributed by atoms with Crippen LogP contribution in [0.4, 0.5) is 0 Å². The molecule has 1 aromatic heterocycles. The third kappa shape index (κ3) is 2.81. The van der Waals surface area contributed by atoms with E-state index in [9.17, 15) is 9.59 Å².